The molecule has 10 nitrogen and oxygen atoms in total. The number of nitrogens with one attached hydrogen (secondary N) is 3. The summed E-state index contributed by atoms with van der Waals surface area (Å²) in [7, 11) is 1.48. The zero-order valence-corrected chi connectivity index (χ0v) is 30.1. The molecule has 0 saturated heterocycles. The summed E-state index contributed by atoms with van der Waals surface area (Å²) in [5, 5.41) is 43.9. The average molecular weight is 728 g/mol. The van der Waals surface area contributed by atoms with E-state index in [1.165, 1.54) is 13.2 Å². The number of fused-ring (bicyclic) bond motifs is 2. The molecule has 0 aliphatic heterocycles. The highest BCUT2D eigenvalue weighted by Gasteiger charge is 2.38. The number of ether oxygens (including phenoxy) is 1. The zero-order valence-electron chi connectivity index (χ0n) is 30.1. The Bertz CT molecular complexity index is 2230. The van der Waals surface area contributed by atoms with Gasteiger partial charge in [-0.15, -0.1) is 0 Å². The van der Waals surface area contributed by atoms with Gasteiger partial charge in [-0.25, -0.2) is 0 Å². The molecule has 0 spiro atoms. The third-order valence-electron chi connectivity index (χ3n) is 10.8. The molecule has 54 heavy (non-hydrogen) atoms. The highest BCUT2D eigenvalue weighted by Crippen LogP contribution is 2.45. The van der Waals surface area contributed by atoms with Gasteiger partial charge in [0.1, 0.15) is 23.1 Å². The summed E-state index contributed by atoms with van der Waals surface area (Å²) >= 11 is 0. The number of hydrogen-bond acceptors (Lipinski definition) is 8. The van der Waals surface area contributed by atoms with E-state index in [9.17, 15) is 30.0 Å². The average Bonchev–Trinajstić information content (AvgIpc) is 3.77. The Morgan fingerprint density at radius 2 is 1.70 bits per heavy atom. The number of phenols is 4. The van der Waals surface area contributed by atoms with Crippen LogP contribution in [0.2, 0.25) is 0 Å². The maximum atomic E-state index is 14.5. The van der Waals surface area contributed by atoms with Crippen molar-refractivity contribution < 1.29 is 34.8 Å². The number of Topliss-reactive ketones (excluding diaryl/α,β-unsaturated/α-hetero) is 2. The minimum Gasteiger partial charge on any atom is -0.507 e. The number of benzene rings is 3. The number of rotatable bonds is 14. The van der Waals surface area contributed by atoms with Crippen LogP contribution in [0.4, 0.5) is 5.82 Å². The molecular formula is C44H45N3O7. The fourth-order valence-corrected chi connectivity index (χ4v) is 7.97. The van der Waals surface area contributed by atoms with Gasteiger partial charge in [-0.05, 0) is 114 Å². The van der Waals surface area contributed by atoms with Crippen molar-refractivity contribution >= 4 is 29.5 Å². The lowest BCUT2D eigenvalue weighted by molar-refractivity contribution is -0.129. The van der Waals surface area contributed by atoms with Gasteiger partial charge in [0.15, 0.2) is 23.0 Å². The second kappa shape index (κ2) is 15.8. The van der Waals surface area contributed by atoms with Crippen molar-refractivity contribution in [3.8, 4) is 28.7 Å². The summed E-state index contributed by atoms with van der Waals surface area (Å²) in [5.74, 6) is 0.139. The molecule has 2 aromatic heterocycles. The number of anilines is 1. The molecule has 3 aromatic carbocycles. The number of hydrogen-bond donors (Lipinski definition) is 7. The van der Waals surface area contributed by atoms with E-state index in [1.807, 2.05) is 48.8 Å². The number of carbonyl (C=O) groups excluding carboxylic acids is 2. The molecule has 3 unspecified atom stereocenters. The normalized spacial score (nSPS) is 17.6. The summed E-state index contributed by atoms with van der Waals surface area (Å²) in [5.41, 5.74) is 7.40. The van der Waals surface area contributed by atoms with Crippen LogP contribution in [0, 0.1) is 11.8 Å². The number of phenolic OH excluding ortho intramolecular Hbond substituents is 4. The van der Waals surface area contributed by atoms with Gasteiger partial charge in [0.2, 0.25) is 0 Å². The van der Waals surface area contributed by atoms with Crippen LogP contribution in [0.25, 0.3) is 12.2 Å². The van der Waals surface area contributed by atoms with Crippen LogP contribution in [0.15, 0.2) is 90.8 Å². The number of methoxy groups -OCH3 is 1. The number of aryl methyl sites for hydroxylation is 2. The van der Waals surface area contributed by atoms with Crippen molar-refractivity contribution in [2.75, 3.05) is 19.0 Å². The quantitative estimate of drug-likeness (QED) is 0.0449. The molecule has 0 amide bonds. The van der Waals surface area contributed by atoms with Crippen molar-refractivity contribution in [1.29, 1.82) is 0 Å². The number of aromatic hydroxyl groups is 4. The third kappa shape index (κ3) is 7.93. The second-order valence-electron chi connectivity index (χ2n) is 14.3. The van der Waals surface area contributed by atoms with Gasteiger partial charge in [-0.2, -0.15) is 0 Å². The summed E-state index contributed by atoms with van der Waals surface area (Å²) in [6, 6.07) is 19.4. The fourth-order valence-electron chi connectivity index (χ4n) is 7.97. The molecule has 7 rings (SSSR count). The molecule has 0 fully saturated rings. The van der Waals surface area contributed by atoms with Gasteiger partial charge in [0, 0.05) is 54.9 Å². The van der Waals surface area contributed by atoms with Gasteiger partial charge in [-0.3, -0.25) is 9.59 Å². The number of aromatic nitrogens is 2. The number of allylic oxidation sites excluding steroid dienone is 1. The monoisotopic (exact) mass is 727 g/mol. The lowest BCUT2D eigenvalue weighted by Gasteiger charge is -2.34. The van der Waals surface area contributed by atoms with E-state index >= 15 is 0 Å². The molecule has 0 radical (unpaired) electrons. The Kier molecular flexibility index (Phi) is 10.6. The summed E-state index contributed by atoms with van der Waals surface area (Å²) < 4.78 is 5.23. The second-order valence-corrected chi connectivity index (χ2v) is 14.3. The van der Waals surface area contributed by atoms with Crippen LogP contribution in [-0.2, 0) is 28.9 Å². The Morgan fingerprint density at radius 3 is 2.54 bits per heavy atom. The Morgan fingerprint density at radius 1 is 0.889 bits per heavy atom. The molecular weight excluding hydrogens is 682 g/mol. The zero-order chi connectivity index (χ0) is 37.8. The number of aromatic amines is 2. The number of H-pyrrole nitrogens is 2. The minimum absolute atomic E-state index is 0.0264. The summed E-state index contributed by atoms with van der Waals surface area (Å²) in [6.07, 6.45) is 13.1. The topological polar surface area (TPSA) is 168 Å². The highest BCUT2D eigenvalue weighted by atomic mass is 16.5. The molecule has 278 valence electrons. The minimum atomic E-state index is -0.557. The van der Waals surface area contributed by atoms with Crippen molar-refractivity contribution in [3.63, 3.8) is 0 Å². The predicted octanol–water partition coefficient (Wildman–Crippen LogP) is 7.80. The van der Waals surface area contributed by atoms with E-state index in [1.54, 1.807) is 36.4 Å². The number of ketones is 2. The third-order valence-corrected chi connectivity index (χ3v) is 10.8. The predicted molar refractivity (Wildman–Crippen MR) is 208 cm³/mol. The first-order valence-corrected chi connectivity index (χ1v) is 18.3. The lowest BCUT2D eigenvalue weighted by atomic mass is 9.69. The van der Waals surface area contributed by atoms with Gasteiger partial charge >= 0.3 is 0 Å². The van der Waals surface area contributed by atoms with E-state index in [0.29, 0.717) is 31.6 Å². The first-order chi connectivity index (χ1) is 26.2. The maximum Gasteiger partial charge on any atom is 0.160 e. The van der Waals surface area contributed by atoms with Crippen molar-refractivity contribution in [1.82, 2.24) is 9.97 Å². The molecule has 0 bridgehead atoms. The van der Waals surface area contributed by atoms with Gasteiger partial charge in [0.25, 0.3) is 0 Å². The molecule has 0 saturated carbocycles. The summed E-state index contributed by atoms with van der Waals surface area (Å²) in [4.78, 5) is 34.7. The van der Waals surface area contributed by atoms with E-state index in [2.05, 4.69) is 21.4 Å². The Hall–Kier alpha value is -6.16. The van der Waals surface area contributed by atoms with Crippen molar-refractivity contribution in [2.45, 2.75) is 50.9 Å². The molecule has 2 aliphatic carbocycles. The molecule has 2 aliphatic rings. The molecule has 10 heteroatoms. The van der Waals surface area contributed by atoms with Crippen LogP contribution in [0.1, 0.15) is 70.7 Å². The fraction of sp³-hybridized carbons (Fsp3) is 0.273. The smallest absolute Gasteiger partial charge is 0.160 e. The summed E-state index contributed by atoms with van der Waals surface area (Å²) in [6.45, 7) is 0.348. The standard InChI is InChI=1S/C44H45N3O7/c1-54-42-22-27(8-14-39(42)51)6-11-32(48)24-41(53)43-31(25-47-44-30(15-17-46-44)19-28-9-13-38(50)40(52)21-28)23-36-34(16-18-45-36)35(43)20-26-5-10-29-3-2-4-37(49)33(29)12-7-26/h2-4,7-9,12-18,21-23,26,35,43,45-47,49-52H,5-6,10-11,19-20,24-25H2,1H3. The first-order valence-electron chi connectivity index (χ1n) is 18.3. The molecule has 3 atom stereocenters. The van der Waals surface area contributed by atoms with E-state index < -0.39 is 5.92 Å². The van der Waals surface area contributed by atoms with Gasteiger partial charge in [-0.1, -0.05) is 36.4 Å². The molecule has 7 N–H and O–H groups in total. The maximum absolute atomic E-state index is 14.5. The first kappa shape index (κ1) is 36.2. The van der Waals surface area contributed by atoms with Gasteiger partial charge in [0.05, 0.1) is 13.5 Å². The molecule has 2 heterocycles. The van der Waals surface area contributed by atoms with E-state index in [0.717, 1.165) is 63.3 Å². The van der Waals surface area contributed by atoms with Crippen molar-refractivity contribution in [2.24, 2.45) is 11.8 Å². The van der Waals surface area contributed by atoms with Crippen LogP contribution in [-0.4, -0.2) is 55.6 Å². The Balaban J connectivity index is 1.13. The molecule has 5 aromatic rings. The van der Waals surface area contributed by atoms with Crippen LogP contribution in [0.5, 0.6) is 28.7 Å². The van der Waals surface area contributed by atoms with Crippen molar-refractivity contribution in [3.05, 3.63) is 130 Å². The highest BCUT2D eigenvalue weighted by molar-refractivity contribution is 6.02. The van der Waals surface area contributed by atoms with E-state index in [4.69, 9.17) is 4.74 Å². The van der Waals surface area contributed by atoms with Gasteiger partial charge < -0.3 is 40.4 Å². The number of carbonyl (C=O) groups is 2. The Labute approximate surface area is 313 Å². The largest absolute Gasteiger partial charge is 0.507 e. The van der Waals surface area contributed by atoms with Crippen LogP contribution in [0.3, 0.4) is 0 Å². The van der Waals surface area contributed by atoms with Crippen LogP contribution < -0.4 is 10.1 Å². The van der Waals surface area contributed by atoms with E-state index in [-0.39, 0.29) is 59.2 Å². The van der Waals surface area contributed by atoms with Crippen LogP contribution >= 0.6 is 0 Å². The SMILES string of the molecule is COc1cc(CCC(=O)CC(=O)C2C(CNc3[nH]ccc3Cc3ccc(O)c(O)c3)=Cc3[nH]ccc3C2CC2C=Cc3c(O)cccc3CC2)ccc1O. The lowest BCUT2D eigenvalue weighted by Crippen LogP contribution is -2.32.